The molecular formula is C28H27FN2O4. The van der Waals surface area contributed by atoms with Gasteiger partial charge in [-0.3, -0.25) is 9.59 Å². The average molecular weight is 475 g/mol. The van der Waals surface area contributed by atoms with Gasteiger partial charge in [0.2, 0.25) is 5.78 Å². The zero-order valence-electron chi connectivity index (χ0n) is 19.5. The number of hydrogen-bond acceptors (Lipinski definition) is 3. The van der Waals surface area contributed by atoms with Crippen LogP contribution in [0.1, 0.15) is 63.2 Å². The second kappa shape index (κ2) is 10.1. The zero-order valence-corrected chi connectivity index (χ0v) is 19.5. The first-order valence-corrected chi connectivity index (χ1v) is 11.6. The van der Waals surface area contributed by atoms with Gasteiger partial charge in [-0.1, -0.05) is 60.9 Å². The van der Waals surface area contributed by atoms with E-state index in [9.17, 15) is 23.9 Å². The van der Waals surface area contributed by atoms with Gasteiger partial charge in [0.1, 0.15) is 11.4 Å². The molecule has 7 heteroatoms. The SMILES string of the molecule is Cc1ccc(C(=O)c2cccn2C/C=C/c2ccc(C(=O)NC3(C(=O)O)CCCC3)c(F)c2)cc1. The van der Waals surface area contributed by atoms with Crippen LogP contribution in [0.3, 0.4) is 0 Å². The van der Waals surface area contributed by atoms with E-state index in [2.05, 4.69) is 5.32 Å². The number of nitrogens with zero attached hydrogens (tertiary/aromatic N) is 1. The monoisotopic (exact) mass is 474 g/mol. The smallest absolute Gasteiger partial charge is 0.329 e. The van der Waals surface area contributed by atoms with Crippen LogP contribution < -0.4 is 5.32 Å². The van der Waals surface area contributed by atoms with Crippen LogP contribution in [-0.4, -0.2) is 32.9 Å². The second-order valence-electron chi connectivity index (χ2n) is 8.93. The molecule has 0 radical (unpaired) electrons. The van der Waals surface area contributed by atoms with E-state index in [0.717, 1.165) is 5.56 Å². The first-order chi connectivity index (χ1) is 16.8. The maximum Gasteiger partial charge on any atom is 0.329 e. The number of nitrogens with one attached hydrogen (secondary N) is 1. The predicted molar refractivity (Wildman–Crippen MR) is 131 cm³/mol. The number of aromatic nitrogens is 1. The highest BCUT2D eigenvalue weighted by Crippen LogP contribution is 2.30. The quantitative estimate of drug-likeness (QED) is 0.450. The van der Waals surface area contributed by atoms with Gasteiger partial charge in [-0.05, 0) is 49.6 Å². The number of benzene rings is 2. The van der Waals surface area contributed by atoms with Crippen LogP contribution in [0.5, 0.6) is 0 Å². The summed E-state index contributed by atoms with van der Waals surface area (Å²) in [5, 5.41) is 12.1. The Balaban J connectivity index is 1.43. The molecule has 1 aliphatic carbocycles. The summed E-state index contributed by atoms with van der Waals surface area (Å²) in [5.41, 5.74) is 1.27. The minimum atomic E-state index is -1.33. The molecule has 1 aromatic heterocycles. The van der Waals surface area contributed by atoms with Crippen LogP contribution in [0.15, 0.2) is 66.9 Å². The van der Waals surface area contributed by atoms with E-state index in [1.807, 2.05) is 23.6 Å². The minimum absolute atomic E-state index is 0.0776. The Morgan fingerprint density at radius 1 is 1.09 bits per heavy atom. The molecule has 1 saturated carbocycles. The lowest BCUT2D eigenvalue weighted by atomic mass is 9.97. The number of carbonyl (C=O) groups excluding carboxylic acids is 2. The summed E-state index contributed by atoms with van der Waals surface area (Å²) in [7, 11) is 0. The number of allylic oxidation sites excluding steroid dienone is 1. The van der Waals surface area contributed by atoms with Crippen molar-refractivity contribution in [2.75, 3.05) is 0 Å². The summed E-state index contributed by atoms with van der Waals surface area (Å²) < 4.78 is 16.5. The minimum Gasteiger partial charge on any atom is -0.480 e. The lowest BCUT2D eigenvalue weighted by Gasteiger charge is -2.25. The second-order valence-corrected chi connectivity index (χ2v) is 8.93. The summed E-state index contributed by atoms with van der Waals surface area (Å²) in [4.78, 5) is 37.1. The van der Waals surface area contributed by atoms with Crippen molar-refractivity contribution >= 4 is 23.7 Å². The molecule has 4 rings (SSSR count). The van der Waals surface area contributed by atoms with Crippen molar-refractivity contribution in [3.63, 3.8) is 0 Å². The molecule has 6 nitrogen and oxygen atoms in total. The van der Waals surface area contributed by atoms with Crippen LogP contribution >= 0.6 is 0 Å². The van der Waals surface area contributed by atoms with Gasteiger partial charge in [0.15, 0.2) is 0 Å². The van der Waals surface area contributed by atoms with Crippen molar-refractivity contribution in [3.05, 3.63) is 101 Å². The Kier molecular flexibility index (Phi) is 6.96. The highest BCUT2D eigenvalue weighted by atomic mass is 19.1. The molecule has 0 saturated heterocycles. The van der Waals surface area contributed by atoms with Crippen LogP contribution in [0.2, 0.25) is 0 Å². The molecule has 2 aromatic carbocycles. The Morgan fingerprint density at radius 3 is 2.46 bits per heavy atom. The number of halogens is 1. The molecule has 35 heavy (non-hydrogen) atoms. The van der Waals surface area contributed by atoms with Gasteiger partial charge >= 0.3 is 5.97 Å². The molecule has 0 unspecified atom stereocenters. The normalized spacial score (nSPS) is 14.8. The van der Waals surface area contributed by atoms with Crippen LogP contribution in [-0.2, 0) is 11.3 Å². The molecular weight excluding hydrogens is 447 g/mol. The molecule has 180 valence electrons. The number of rotatable bonds is 8. The summed E-state index contributed by atoms with van der Waals surface area (Å²) >= 11 is 0. The van der Waals surface area contributed by atoms with E-state index < -0.39 is 23.2 Å². The lowest BCUT2D eigenvalue weighted by Crippen LogP contribution is -2.52. The number of aliphatic carboxylic acids is 1. The summed E-state index contributed by atoms with van der Waals surface area (Å²) in [6.45, 7) is 2.37. The summed E-state index contributed by atoms with van der Waals surface area (Å²) in [5.74, 6) is -2.62. The standard InChI is InChI=1S/C28H27FN2O4/c1-19-8-11-21(12-9-19)25(32)24-7-5-17-31(24)16-4-6-20-10-13-22(23(29)18-20)26(33)30-28(27(34)35)14-2-3-15-28/h4-13,17-18H,2-3,14-16H2,1H3,(H,30,33)(H,34,35)/b6-4+. The van der Waals surface area contributed by atoms with Crippen molar-refractivity contribution in [3.8, 4) is 0 Å². The highest BCUT2D eigenvalue weighted by Gasteiger charge is 2.43. The average Bonchev–Trinajstić information content (AvgIpc) is 3.50. The molecule has 0 spiro atoms. The van der Waals surface area contributed by atoms with Crippen molar-refractivity contribution in [2.45, 2.75) is 44.7 Å². The molecule has 1 fully saturated rings. The largest absolute Gasteiger partial charge is 0.480 e. The molecule has 1 heterocycles. The van der Waals surface area contributed by atoms with Gasteiger partial charge in [0, 0.05) is 18.3 Å². The predicted octanol–water partition coefficient (Wildman–Crippen LogP) is 5.01. The van der Waals surface area contributed by atoms with Gasteiger partial charge in [-0.25, -0.2) is 9.18 Å². The van der Waals surface area contributed by atoms with Gasteiger partial charge in [0.25, 0.3) is 5.91 Å². The highest BCUT2D eigenvalue weighted by molar-refractivity contribution is 6.08. The fraction of sp³-hybridized carbons (Fsp3) is 0.250. The Hall–Kier alpha value is -4.00. The van der Waals surface area contributed by atoms with Crippen LogP contribution in [0.25, 0.3) is 6.08 Å². The Labute approximate surface area is 203 Å². The number of hydrogen-bond donors (Lipinski definition) is 2. The van der Waals surface area contributed by atoms with Crippen molar-refractivity contribution in [1.29, 1.82) is 0 Å². The third kappa shape index (κ3) is 5.24. The number of aryl methyl sites for hydroxylation is 1. The summed E-state index contributed by atoms with van der Waals surface area (Å²) in [6, 6.07) is 15.2. The van der Waals surface area contributed by atoms with E-state index in [1.54, 1.807) is 48.7 Å². The molecule has 0 aliphatic heterocycles. The maximum absolute atomic E-state index is 14.7. The third-order valence-corrected chi connectivity index (χ3v) is 6.45. The van der Waals surface area contributed by atoms with E-state index in [1.165, 1.54) is 12.1 Å². The number of carboxylic acids is 1. The maximum atomic E-state index is 14.7. The van der Waals surface area contributed by atoms with Gasteiger partial charge in [-0.15, -0.1) is 0 Å². The number of carbonyl (C=O) groups is 3. The first kappa shape index (κ1) is 24.1. The molecule has 2 N–H and O–H groups in total. The van der Waals surface area contributed by atoms with Crippen molar-refractivity contribution in [1.82, 2.24) is 9.88 Å². The van der Waals surface area contributed by atoms with Gasteiger partial charge in [-0.2, -0.15) is 0 Å². The zero-order chi connectivity index (χ0) is 25.0. The Bertz CT molecular complexity index is 1280. The lowest BCUT2D eigenvalue weighted by molar-refractivity contribution is -0.144. The first-order valence-electron chi connectivity index (χ1n) is 11.6. The molecule has 3 aromatic rings. The van der Waals surface area contributed by atoms with Crippen molar-refractivity contribution < 1.29 is 23.9 Å². The molecule has 1 amide bonds. The van der Waals surface area contributed by atoms with Gasteiger partial charge < -0.3 is 15.0 Å². The van der Waals surface area contributed by atoms with Crippen LogP contribution in [0.4, 0.5) is 4.39 Å². The van der Waals surface area contributed by atoms with E-state index in [0.29, 0.717) is 49.0 Å². The molecule has 0 bridgehead atoms. The number of carboxylic acid groups (broad SMARTS) is 1. The van der Waals surface area contributed by atoms with E-state index >= 15 is 0 Å². The number of ketones is 1. The van der Waals surface area contributed by atoms with E-state index in [4.69, 9.17) is 0 Å². The molecule has 1 aliphatic rings. The van der Waals surface area contributed by atoms with Crippen molar-refractivity contribution in [2.24, 2.45) is 0 Å². The fourth-order valence-electron chi connectivity index (χ4n) is 4.41. The molecule has 0 atom stereocenters. The fourth-order valence-corrected chi connectivity index (χ4v) is 4.41. The van der Waals surface area contributed by atoms with Gasteiger partial charge in [0.05, 0.1) is 11.3 Å². The third-order valence-electron chi connectivity index (χ3n) is 6.45. The Morgan fingerprint density at radius 2 is 1.80 bits per heavy atom. The number of amides is 1. The summed E-state index contributed by atoms with van der Waals surface area (Å²) in [6.07, 6.45) is 7.41. The topological polar surface area (TPSA) is 88.4 Å². The van der Waals surface area contributed by atoms with E-state index in [-0.39, 0.29) is 11.3 Å². The van der Waals surface area contributed by atoms with Crippen LogP contribution in [0, 0.1) is 12.7 Å².